The third kappa shape index (κ3) is 3.06. The first-order valence-electron chi connectivity index (χ1n) is 9.27. The molecule has 144 valence electrons. The average Bonchev–Trinajstić information content (AvgIpc) is 3.09. The molecule has 7 nitrogen and oxygen atoms in total. The third-order valence-electron chi connectivity index (χ3n) is 5.44. The van der Waals surface area contributed by atoms with Gasteiger partial charge in [0.2, 0.25) is 0 Å². The summed E-state index contributed by atoms with van der Waals surface area (Å²) >= 11 is 0. The predicted molar refractivity (Wildman–Crippen MR) is 99.2 cm³/mol. The number of aromatic amines is 1. The third-order valence-corrected chi connectivity index (χ3v) is 5.44. The molecular weight excluding hydrogens is 346 g/mol. The van der Waals surface area contributed by atoms with Gasteiger partial charge in [0.1, 0.15) is 0 Å². The number of rotatable bonds is 3. The zero-order valence-electron chi connectivity index (χ0n) is 16.2. The maximum Gasteiger partial charge on any atom is 0.274 e. The van der Waals surface area contributed by atoms with Gasteiger partial charge in [-0.15, -0.1) is 0 Å². The molecule has 1 N–H and O–H groups in total. The van der Waals surface area contributed by atoms with Crippen molar-refractivity contribution in [2.45, 2.75) is 45.4 Å². The van der Waals surface area contributed by atoms with Gasteiger partial charge >= 0.3 is 0 Å². The average molecular weight is 371 g/mol. The van der Waals surface area contributed by atoms with Crippen molar-refractivity contribution < 1.29 is 19.0 Å². The Morgan fingerprint density at radius 1 is 1.22 bits per heavy atom. The first kappa shape index (κ1) is 17.9. The van der Waals surface area contributed by atoms with Crippen molar-refractivity contribution in [1.82, 2.24) is 15.1 Å². The quantitative estimate of drug-likeness (QED) is 0.898. The van der Waals surface area contributed by atoms with Gasteiger partial charge in [0.25, 0.3) is 5.91 Å². The van der Waals surface area contributed by atoms with E-state index < -0.39 is 0 Å². The van der Waals surface area contributed by atoms with Crippen LogP contribution in [0.1, 0.15) is 52.8 Å². The number of aromatic nitrogens is 2. The molecular formula is C20H25N3O4. The summed E-state index contributed by atoms with van der Waals surface area (Å²) in [5, 5.41) is 7.34. The molecule has 0 saturated carbocycles. The fourth-order valence-corrected chi connectivity index (χ4v) is 4.06. The molecule has 0 spiro atoms. The standard InChI is InChI=1S/C20H25N3O4/c1-11-7-15-18(12(2)27-11)21-22-19(15)20(24)23-6-5-13-8-16(25-3)17(26-4)9-14(13)10-23/h8-9,11-12H,5-7,10H2,1-4H3,(H,21,22)/t11-,12+/m0/s1. The number of benzene rings is 1. The van der Waals surface area contributed by atoms with Crippen LogP contribution in [0.25, 0.3) is 0 Å². The van der Waals surface area contributed by atoms with Gasteiger partial charge < -0.3 is 19.1 Å². The van der Waals surface area contributed by atoms with Gasteiger partial charge in [-0.3, -0.25) is 9.89 Å². The van der Waals surface area contributed by atoms with Crippen LogP contribution in [0.15, 0.2) is 12.1 Å². The van der Waals surface area contributed by atoms with E-state index in [0.717, 1.165) is 29.0 Å². The van der Waals surface area contributed by atoms with E-state index in [2.05, 4.69) is 10.2 Å². The van der Waals surface area contributed by atoms with Crippen LogP contribution in [-0.4, -0.2) is 47.9 Å². The van der Waals surface area contributed by atoms with Crippen LogP contribution in [0.5, 0.6) is 11.5 Å². The van der Waals surface area contributed by atoms with Crippen molar-refractivity contribution >= 4 is 5.91 Å². The molecule has 2 aliphatic heterocycles. The molecule has 27 heavy (non-hydrogen) atoms. The van der Waals surface area contributed by atoms with Gasteiger partial charge in [-0.1, -0.05) is 0 Å². The molecule has 0 unspecified atom stereocenters. The number of nitrogens with zero attached hydrogens (tertiary/aromatic N) is 2. The zero-order chi connectivity index (χ0) is 19.1. The Bertz CT molecular complexity index is 876. The van der Waals surface area contributed by atoms with Crippen molar-refractivity contribution in [3.63, 3.8) is 0 Å². The number of amides is 1. The highest BCUT2D eigenvalue weighted by Gasteiger charge is 2.32. The lowest BCUT2D eigenvalue weighted by atomic mass is 9.96. The Hall–Kier alpha value is -2.54. The number of methoxy groups -OCH3 is 2. The number of hydrogen-bond acceptors (Lipinski definition) is 5. The predicted octanol–water partition coefficient (Wildman–Crippen LogP) is 2.65. The largest absolute Gasteiger partial charge is 0.493 e. The van der Waals surface area contributed by atoms with Crippen molar-refractivity contribution in [2.75, 3.05) is 20.8 Å². The molecule has 0 saturated heterocycles. The van der Waals surface area contributed by atoms with Crippen LogP contribution in [0, 0.1) is 0 Å². The number of nitrogens with one attached hydrogen (secondary N) is 1. The molecule has 0 radical (unpaired) electrons. The summed E-state index contributed by atoms with van der Waals surface area (Å²) in [5.74, 6) is 1.37. The Balaban J connectivity index is 1.61. The van der Waals surface area contributed by atoms with Gasteiger partial charge in [-0.2, -0.15) is 5.10 Å². The fraction of sp³-hybridized carbons (Fsp3) is 0.500. The number of H-pyrrole nitrogens is 1. The monoisotopic (exact) mass is 371 g/mol. The van der Waals surface area contributed by atoms with Crippen LogP contribution in [0.4, 0.5) is 0 Å². The number of carbonyl (C=O) groups excluding carboxylic acids is 1. The molecule has 2 aromatic rings. The van der Waals surface area contributed by atoms with E-state index in [4.69, 9.17) is 14.2 Å². The van der Waals surface area contributed by atoms with E-state index in [-0.39, 0.29) is 18.1 Å². The second-order valence-corrected chi connectivity index (χ2v) is 7.21. The van der Waals surface area contributed by atoms with E-state index in [1.165, 1.54) is 5.56 Å². The molecule has 3 heterocycles. The summed E-state index contributed by atoms with van der Waals surface area (Å²) in [6.07, 6.45) is 1.49. The summed E-state index contributed by atoms with van der Waals surface area (Å²) in [4.78, 5) is 15.0. The van der Waals surface area contributed by atoms with Gasteiger partial charge in [-0.25, -0.2) is 0 Å². The molecule has 1 amide bonds. The lowest BCUT2D eigenvalue weighted by Gasteiger charge is -2.30. The van der Waals surface area contributed by atoms with Crippen molar-refractivity contribution in [2.24, 2.45) is 0 Å². The summed E-state index contributed by atoms with van der Waals surface area (Å²) in [7, 11) is 3.26. The van der Waals surface area contributed by atoms with Crippen molar-refractivity contribution in [1.29, 1.82) is 0 Å². The molecule has 2 atom stereocenters. The van der Waals surface area contributed by atoms with E-state index >= 15 is 0 Å². The first-order valence-corrected chi connectivity index (χ1v) is 9.27. The maximum absolute atomic E-state index is 13.2. The molecule has 7 heteroatoms. The summed E-state index contributed by atoms with van der Waals surface area (Å²) < 4.78 is 16.6. The lowest BCUT2D eigenvalue weighted by Crippen LogP contribution is -2.37. The van der Waals surface area contributed by atoms with Crippen LogP contribution in [-0.2, 0) is 24.1 Å². The Labute approximate surface area is 158 Å². The van der Waals surface area contributed by atoms with Crippen molar-refractivity contribution in [3.8, 4) is 11.5 Å². The van der Waals surface area contributed by atoms with E-state index in [1.54, 1.807) is 14.2 Å². The molecule has 2 aliphatic rings. The van der Waals surface area contributed by atoms with Crippen LogP contribution < -0.4 is 9.47 Å². The summed E-state index contributed by atoms with van der Waals surface area (Å²) in [5.41, 5.74) is 4.71. The summed E-state index contributed by atoms with van der Waals surface area (Å²) in [6.45, 7) is 5.21. The zero-order valence-corrected chi connectivity index (χ0v) is 16.2. The smallest absolute Gasteiger partial charge is 0.274 e. The van der Waals surface area contributed by atoms with Gasteiger partial charge in [0.05, 0.1) is 32.1 Å². The Kier molecular flexibility index (Phi) is 4.55. The van der Waals surface area contributed by atoms with Gasteiger partial charge in [0.15, 0.2) is 17.2 Å². The number of ether oxygens (including phenoxy) is 3. The highest BCUT2D eigenvalue weighted by molar-refractivity contribution is 5.94. The lowest BCUT2D eigenvalue weighted by molar-refractivity contribution is -0.00702. The normalized spacial score (nSPS) is 21.4. The van der Waals surface area contributed by atoms with Crippen molar-refractivity contribution in [3.05, 3.63) is 40.2 Å². The van der Waals surface area contributed by atoms with E-state index in [1.807, 2.05) is 30.9 Å². The highest BCUT2D eigenvalue weighted by Crippen LogP contribution is 2.34. The molecule has 0 aliphatic carbocycles. The van der Waals surface area contributed by atoms with E-state index in [9.17, 15) is 4.79 Å². The molecule has 0 fully saturated rings. The Morgan fingerprint density at radius 2 is 1.93 bits per heavy atom. The SMILES string of the molecule is COc1cc2c(cc1OC)CN(C(=O)c1n[nH]c3c1C[C@H](C)O[C@@H]3C)CC2. The second-order valence-electron chi connectivity index (χ2n) is 7.21. The first-order chi connectivity index (χ1) is 13.0. The minimum atomic E-state index is -0.0726. The molecule has 1 aromatic heterocycles. The van der Waals surface area contributed by atoms with Crippen LogP contribution in [0.2, 0.25) is 0 Å². The second kappa shape index (κ2) is 6.88. The number of carbonyl (C=O) groups is 1. The minimum absolute atomic E-state index is 0.0331. The maximum atomic E-state index is 13.2. The molecule has 4 rings (SSSR count). The van der Waals surface area contributed by atoms with E-state index in [0.29, 0.717) is 31.0 Å². The Morgan fingerprint density at radius 3 is 2.63 bits per heavy atom. The molecule has 1 aromatic carbocycles. The highest BCUT2D eigenvalue weighted by atomic mass is 16.5. The summed E-state index contributed by atoms with van der Waals surface area (Å²) in [6, 6.07) is 3.97. The minimum Gasteiger partial charge on any atom is -0.493 e. The van der Waals surface area contributed by atoms with Crippen LogP contribution in [0.3, 0.4) is 0 Å². The number of hydrogen-bond donors (Lipinski definition) is 1. The van der Waals surface area contributed by atoms with Gasteiger partial charge in [-0.05, 0) is 43.5 Å². The number of fused-ring (bicyclic) bond motifs is 2. The van der Waals surface area contributed by atoms with Gasteiger partial charge in [0, 0.05) is 25.1 Å². The topological polar surface area (TPSA) is 76.7 Å². The fourth-order valence-electron chi connectivity index (χ4n) is 4.06. The van der Waals surface area contributed by atoms with Crippen LogP contribution >= 0.6 is 0 Å². The molecule has 0 bridgehead atoms.